The first kappa shape index (κ1) is 33.3. The van der Waals surface area contributed by atoms with Gasteiger partial charge in [-0.1, -0.05) is 48.0 Å². The van der Waals surface area contributed by atoms with E-state index in [-0.39, 0.29) is 29.2 Å². The summed E-state index contributed by atoms with van der Waals surface area (Å²) in [7, 11) is 2.95. The third-order valence-electron chi connectivity index (χ3n) is 8.38. The van der Waals surface area contributed by atoms with Gasteiger partial charge in [-0.25, -0.2) is 14.6 Å². The molecule has 250 valence electrons. The Morgan fingerprint density at radius 3 is 2.60 bits per heavy atom. The van der Waals surface area contributed by atoms with Crippen LogP contribution in [0.1, 0.15) is 23.2 Å². The highest BCUT2D eigenvalue weighted by Gasteiger charge is 2.34. The van der Waals surface area contributed by atoms with Crippen molar-refractivity contribution in [3.63, 3.8) is 0 Å². The summed E-state index contributed by atoms with van der Waals surface area (Å²) in [6, 6.07) is 15.2. The first-order valence-electron chi connectivity index (χ1n) is 15.1. The maximum atomic E-state index is 13.8. The van der Waals surface area contributed by atoms with Crippen LogP contribution in [-0.2, 0) is 24.5 Å². The van der Waals surface area contributed by atoms with E-state index in [9.17, 15) is 23.1 Å². The molecular weight excluding hydrogens is 649 g/mol. The average Bonchev–Trinajstić information content (AvgIpc) is 3.06. The van der Waals surface area contributed by atoms with Crippen LogP contribution in [0, 0.1) is 6.92 Å². The minimum Gasteiger partial charge on any atom is -0.481 e. The Hall–Kier alpha value is -4.56. The number of ether oxygens (including phenoxy) is 2. The van der Waals surface area contributed by atoms with Gasteiger partial charge in [0.2, 0.25) is 5.88 Å². The van der Waals surface area contributed by atoms with E-state index in [2.05, 4.69) is 20.7 Å². The molecule has 14 heteroatoms. The first-order valence-corrected chi connectivity index (χ1v) is 15.5. The van der Waals surface area contributed by atoms with Crippen molar-refractivity contribution in [3.8, 4) is 28.3 Å². The van der Waals surface area contributed by atoms with E-state index in [1.165, 1.54) is 20.4 Å². The van der Waals surface area contributed by atoms with Crippen LogP contribution in [0.25, 0.3) is 33.2 Å². The van der Waals surface area contributed by atoms with Gasteiger partial charge in [-0.3, -0.25) is 4.79 Å². The molecule has 2 atom stereocenters. The molecule has 0 radical (unpaired) electrons. The molecule has 4 heterocycles. The summed E-state index contributed by atoms with van der Waals surface area (Å²) in [6.07, 6.45) is -3.44. The summed E-state index contributed by atoms with van der Waals surface area (Å²) in [6.45, 7) is 3.10. The summed E-state index contributed by atoms with van der Waals surface area (Å²) in [5, 5.41) is 20.8. The second-order valence-electron chi connectivity index (χ2n) is 11.4. The summed E-state index contributed by atoms with van der Waals surface area (Å²) < 4.78 is 53.2. The Morgan fingerprint density at radius 2 is 1.85 bits per heavy atom. The molecule has 1 fully saturated rings. The third kappa shape index (κ3) is 6.59. The number of hydrogen-bond donors (Lipinski definition) is 3. The second-order valence-corrected chi connectivity index (χ2v) is 11.8. The quantitative estimate of drug-likeness (QED) is 0.180. The number of aliphatic hydroxyl groups excluding tert-OH is 1. The van der Waals surface area contributed by atoms with Crippen molar-refractivity contribution in [2.24, 2.45) is 7.05 Å². The smallest absolute Gasteiger partial charge is 0.433 e. The number of methoxy groups -OCH3 is 1. The molecule has 2 aromatic carbocycles. The van der Waals surface area contributed by atoms with Gasteiger partial charge in [-0.2, -0.15) is 18.3 Å². The molecule has 1 saturated heterocycles. The van der Waals surface area contributed by atoms with Crippen LogP contribution < -0.4 is 20.9 Å². The molecule has 6 rings (SSSR count). The van der Waals surface area contributed by atoms with Crippen molar-refractivity contribution in [1.29, 1.82) is 0 Å². The highest BCUT2D eigenvalue weighted by Crippen LogP contribution is 2.40. The number of anilines is 2. The van der Waals surface area contributed by atoms with Gasteiger partial charge in [0.25, 0.3) is 5.56 Å². The van der Waals surface area contributed by atoms with E-state index in [1.54, 1.807) is 19.1 Å². The standard InChI is InChI=1S/C34H32ClF3N6O4/c1-18-21(6-5-9-24(18)41-31-29-20(16-40-44(2)33(29)46)14-28(43-31)34(36,37)38)22-7-4-8-23(30(22)35)25-11-10-19(32(42-25)47-3)15-39-26-12-13-48-17-27(26)45/h4-11,14,16,26-27,39,45H,12-13,15,17H2,1-3H3,(H,41,43). The molecule has 2 unspecified atom stereocenters. The van der Waals surface area contributed by atoms with E-state index in [0.29, 0.717) is 64.1 Å². The molecule has 1 aliphatic rings. The lowest BCUT2D eigenvalue weighted by atomic mass is 9.96. The van der Waals surface area contributed by atoms with Gasteiger partial charge in [-0.15, -0.1) is 0 Å². The van der Waals surface area contributed by atoms with Crippen LogP contribution in [0.5, 0.6) is 5.88 Å². The minimum absolute atomic E-state index is 0.0124. The zero-order chi connectivity index (χ0) is 34.2. The predicted molar refractivity (Wildman–Crippen MR) is 177 cm³/mol. The van der Waals surface area contributed by atoms with Crippen molar-refractivity contribution < 1.29 is 27.8 Å². The largest absolute Gasteiger partial charge is 0.481 e. The SMILES string of the molecule is COc1nc(-c2cccc(-c3cccc(Nc4nc(C(F)(F)F)cc5cnn(C)c(=O)c45)c3C)c2Cl)ccc1CNC1CCOCC1O. The Bertz CT molecular complexity index is 2060. The molecule has 3 N–H and O–H groups in total. The van der Waals surface area contributed by atoms with Crippen molar-refractivity contribution >= 4 is 33.9 Å². The molecule has 0 spiro atoms. The number of hydrogen-bond acceptors (Lipinski definition) is 9. The predicted octanol–water partition coefficient (Wildman–Crippen LogP) is 6.03. The van der Waals surface area contributed by atoms with Gasteiger partial charge in [0, 0.05) is 54.0 Å². The third-order valence-corrected chi connectivity index (χ3v) is 8.79. The van der Waals surface area contributed by atoms with Gasteiger partial charge >= 0.3 is 6.18 Å². The van der Waals surface area contributed by atoms with E-state index in [0.717, 1.165) is 16.3 Å². The molecule has 5 aromatic rings. The number of alkyl halides is 3. The fourth-order valence-electron chi connectivity index (χ4n) is 5.75. The number of nitrogens with one attached hydrogen (secondary N) is 2. The summed E-state index contributed by atoms with van der Waals surface area (Å²) in [5.74, 6) is 0.174. The lowest BCUT2D eigenvalue weighted by Gasteiger charge is -2.28. The number of halogens is 4. The zero-order valence-electron chi connectivity index (χ0n) is 26.2. The van der Waals surface area contributed by atoms with E-state index in [1.807, 2.05) is 36.4 Å². The van der Waals surface area contributed by atoms with Gasteiger partial charge < -0.3 is 25.2 Å². The Labute approximate surface area is 278 Å². The minimum atomic E-state index is -4.74. The number of aryl methyl sites for hydroxylation is 1. The number of nitrogens with zero attached hydrogens (tertiary/aromatic N) is 4. The highest BCUT2D eigenvalue weighted by atomic mass is 35.5. The van der Waals surface area contributed by atoms with Crippen LogP contribution in [0.4, 0.5) is 24.7 Å². The Kier molecular flexibility index (Phi) is 9.39. The molecule has 0 bridgehead atoms. The fraction of sp³-hybridized carbons (Fsp3) is 0.294. The van der Waals surface area contributed by atoms with Gasteiger partial charge in [0.15, 0.2) is 0 Å². The maximum absolute atomic E-state index is 13.8. The van der Waals surface area contributed by atoms with E-state index in [4.69, 9.17) is 26.1 Å². The molecule has 0 amide bonds. The van der Waals surface area contributed by atoms with Crippen LogP contribution in [-0.4, -0.2) is 57.3 Å². The molecule has 10 nitrogen and oxygen atoms in total. The zero-order valence-corrected chi connectivity index (χ0v) is 27.0. The van der Waals surface area contributed by atoms with Crippen LogP contribution >= 0.6 is 11.6 Å². The monoisotopic (exact) mass is 680 g/mol. The van der Waals surface area contributed by atoms with Gasteiger partial charge in [-0.05, 0) is 42.7 Å². The lowest BCUT2D eigenvalue weighted by molar-refractivity contribution is -0.141. The van der Waals surface area contributed by atoms with Crippen molar-refractivity contribution in [3.05, 3.63) is 93.0 Å². The number of pyridine rings is 2. The number of fused-ring (bicyclic) bond motifs is 1. The second kappa shape index (κ2) is 13.5. The average molecular weight is 681 g/mol. The topological polar surface area (TPSA) is 123 Å². The molecular formula is C34H32ClF3N6O4. The van der Waals surface area contributed by atoms with Gasteiger partial charge in [0.1, 0.15) is 11.5 Å². The van der Waals surface area contributed by atoms with Crippen molar-refractivity contribution in [2.75, 3.05) is 25.6 Å². The van der Waals surface area contributed by atoms with Gasteiger partial charge in [0.05, 0.1) is 42.1 Å². The van der Waals surface area contributed by atoms with Crippen molar-refractivity contribution in [1.82, 2.24) is 25.1 Å². The Morgan fingerprint density at radius 1 is 1.10 bits per heavy atom. The van der Waals surface area contributed by atoms with E-state index < -0.39 is 23.5 Å². The highest BCUT2D eigenvalue weighted by molar-refractivity contribution is 6.36. The molecule has 0 saturated carbocycles. The molecule has 48 heavy (non-hydrogen) atoms. The molecule has 1 aliphatic heterocycles. The van der Waals surface area contributed by atoms with Crippen molar-refractivity contribution in [2.45, 2.75) is 38.2 Å². The fourth-order valence-corrected chi connectivity index (χ4v) is 6.08. The number of aromatic nitrogens is 4. The van der Waals surface area contributed by atoms with Crippen LogP contribution in [0.15, 0.2) is 65.6 Å². The number of benzene rings is 2. The van der Waals surface area contributed by atoms with Crippen LogP contribution in [0.3, 0.4) is 0 Å². The molecule has 0 aliphatic carbocycles. The molecule has 3 aromatic heterocycles. The number of aliphatic hydroxyl groups is 1. The normalized spacial score (nSPS) is 16.7. The Balaban J connectivity index is 1.34. The lowest BCUT2D eigenvalue weighted by Crippen LogP contribution is -2.46. The summed E-state index contributed by atoms with van der Waals surface area (Å²) >= 11 is 7.02. The first-order chi connectivity index (χ1) is 23.0. The maximum Gasteiger partial charge on any atom is 0.433 e. The number of rotatable bonds is 8. The summed E-state index contributed by atoms with van der Waals surface area (Å²) in [5.41, 5.74) is 2.76. The summed E-state index contributed by atoms with van der Waals surface area (Å²) in [4.78, 5) is 21.5. The van der Waals surface area contributed by atoms with E-state index >= 15 is 0 Å². The van der Waals surface area contributed by atoms with Crippen LogP contribution in [0.2, 0.25) is 5.02 Å².